The average Bonchev–Trinajstić information content (AvgIpc) is 2.73. The van der Waals surface area contributed by atoms with E-state index < -0.39 is 5.97 Å². The lowest BCUT2D eigenvalue weighted by Gasteiger charge is -2.03. The van der Waals surface area contributed by atoms with Crippen LogP contribution in [0.1, 0.15) is 20.2 Å². The van der Waals surface area contributed by atoms with E-state index in [1.165, 1.54) is 12.3 Å². The van der Waals surface area contributed by atoms with Crippen LogP contribution < -0.4 is 5.32 Å². The van der Waals surface area contributed by atoms with Crippen molar-refractivity contribution < 1.29 is 9.90 Å². The monoisotopic (exact) mass is 249 g/mol. The smallest absolute Gasteiger partial charge is 0.337 e. The van der Waals surface area contributed by atoms with Crippen LogP contribution in [0.25, 0.3) is 0 Å². The summed E-state index contributed by atoms with van der Waals surface area (Å²) in [4.78, 5) is 19.9. The zero-order valence-corrected chi connectivity index (χ0v) is 9.99. The summed E-state index contributed by atoms with van der Waals surface area (Å²) in [6.45, 7) is 2.60. The number of anilines is 1. The van der Waals surface area contributed by atoms with E-state index in [2.05, 4.69) is 15.3 Å². The van der Waals surface area contributed by atoms with Crippen molar-refractivity contribution in [2.45, 2.75) is 13.5 Å². The zero-order chi connectivity index (χ0) is 12.3. The van der Waals surface area contributed by atoms with Gasteiger partial charge in [-0.25, -0.2) is 14.8 Å². The number of rotatable bonds is 4. The Morgan fingerprint density at radius 2 is 2.24 bits per heavy atom. The largest absolute Gasteiger partial charge is 0.478 e. The molecule has 0 radical (unpaired) electrons. The van der Waals surface area contributed by atoms with Crippen LogP contribution in [-0.2, 0) is 6.54 Å². The van der Waals surface area contributed by atoms with Gasteiger partial charge >= 0.3 is 5.97 Å². The molecule has 0 bridgehead atoms. The van der Waals surface area contributed by atoms with Crippen molar-refractivity contribution in [1.29, 1.82) is 0 Å². The minimum Gasteiger partial charge on any atom is -0.478 e. The van der Waals surface area contributed by atoms with Gasteiger partial charge in [0.1, 0.15) is 5.82 Å². The molecule has 2 aromatic heterocycles. The summed E-state index contributed by atoms with van der Waals surface area (Å²) in [5.74, 6) is -0.316. The molecule has 0 spiro atoms. The third-order valence-corrected chi connectivity index (χ3v) is 3.04. The van der Waals surface area contributed by atoms with Crippen LogP contribution in [0.2, 0.25) is 0 Å². The number of nitrogens with one attached hydrogen (secondary N) is 1. The Morgan fingerprint density at radius 1 is 1.41 bits per heavy atom. The number of aromatic carboxylic acids is 1. The molecular weight excluding hydrogens is 238 g/mol. The number of thiazole rings is 1. The van der Waals surface area contributed by atoms with Gasteiger partial charge in [0.25, 0.3) is 0 Å². The number of nitrogens with zero attached hydrogens (tertiary/aromatic N) is 2. The van der Waals surface area contributed by atoms with E-state index in [-0.39, 0.29) is 5.56 Å². The van der Waals surface area contributed by atoms with Crippen molar-refractivity contribution in [1.82, 2.24) is 9.97 Å². The predicted octanol–water partition coefficient (Wildman–Crippen LogP) is 2.16. The maximum absolute atomic E-state index is 10.6. The van der Waals surface area contributed by atoms with Crippen LogP contribution in [0.3, 0.4) is 0 Å². The molecular formula is C11H11N3O2S. The van der Waals surface area contributed by atoms with E-state index in [4.69, 9.17) is 5.11 Å². The minimum atomic E-state index is -0.970. The molecule has 2 N–H and O–H groups in total. The molecule has 2 aromatic rings. The summed E-state index contributed by atoms with van der Waals surface area (Å²) in [7, 11) is 0. The zero-order valence-electron chi connectivity index (χ0n) is 9.17. The first-order valence-corrected chi connectivity index (χ1v) is 5.81. The van der Waals surface area contributed by atoms with Gasteiger partial charge in [0.05, 0.1) is 17.1 Å². The van der Waals surface area contributed by atoms with E-state index in [1.807, 2.05) is 13.1 Å². The van der Waals surface area contributed by atoms with Crippen LogP contribution in [0.4, 0.5) is 5.82 Å². The number of aromatic nitrogens is 2. The van der Waals surface area contributed by atoms with Crippen LogP contribution in [0, 0.1) is 6.92 Å². The Morgan fingerprint density at radius 3 is 2.76 bits per heavy atom. The first-order valence-electron chi connectivity index (χ1n) is 4.99. The van der Waals surface area contributed by atoms with Gasteiger partial charge in [0.15, 0.2) is 0 Å². The number of aryl methyl sites for hydroxylation is 1. The Hall–Kier alpha value is -1.95. The van der Waals surface area contributed by atoms with Gasteiger partial charge in [-0.15, -0.1) is 11.3 Å². The van der Waals surface area contributed by atoms with E-state index in [1.54, 1.807) is 17.4 Å². The number of pyridine rings is 1. The fourth-order valence-electron chi connectivity index (χ4n) is 1.29. The summed E-state index contributed by atoms with van der Waals surface area (Å²) in [5.41, 5.74) is 0.184. The number of hydrogen-bond donors (Lipinski definition) is 2. The number of carboxylic acids is 1. The molecule has 0 aliphatic heterocycles. The molecule has 0 amide bonds. The first-order chi connectivity index (χ1) is 8.15. The lowest BCUT2D eigenvalue weighted by atomic mass is 10.3. The van der Waals surface area contributed by atoms with Gasteiger partial charge in [0.2, 0.25) is 0 Å². The Bertz CT molecular complexity index is 522. The topological polar surface area (TPSA) is 75.1 Å². The second-order valence-corrected chi connectivity index (χ2v) is 4.76. The van der Waals surface area contributed by atoms with E-state index in [9.17, 15) is 4.79 Å². The standard InChI is InChI=1S/C11H11N3O2S/c1-7-12-5-9(17-7)6-14-10-3-2-8(4-13-10)11(15)16/h2-5H,6H2,1H3,(H,13,14)(H,15,16). The highest BCUT2D eigenvalue weighted by Gasteiger charge is 2.03. The Balaban J connectivity index is 1.97. The molecule has 0 saturated carbocycles. The lowest BCUT2D eigenvalue weighted by molar-refractivity contribution is 0.0696. The van der Waals surface area contributed by atoms with Gasteiger partial charge < -0.3 is 10.4 Å². The fraction of sp³-hybridized carbons (Fsp3) is 0.182. The highest BCUT2D eigenvalue weighted by atomic mass is 32.1. The summed E-state index contributed by atoms with van der Waals surface area (Å²) in [6, 6.07) is 3.17. The highest BCUT2D eigenvalue weighted by Crippen LogP contribution is 2.13. The molecule has 5 nitrogen and oxygen atoms in total. The molecule has 6 heteroatoms. The first kappa shape index (κ1) is 11.5. The summed E-state index contributed by atoms with van der Waals surface area (Å²) in [5, 5.41) is 12.9. The summed E-state index contributed by atoms with van der Waals surface area (Å²) in [6.07, 6.45) is 3.15. The van der Waals surface area contributed by atoms with Gasteiger partial charge in [-0.05, 0) is 19.1 Å². The van der Waals surface area contributed by atoms with E-state index in [0.717, 1.165) is 9.88 Å². The van der Waals surface area contributed by atoms with Crippen molar-refractivity contribution in [3.05, 3.63) is 40.0 Å². The van der Waals surface area contributed by atoms with Gasteiger partial charge in [-0.3, -0.25) is 0 Å². The van der Waals surface area contributed by atoms with Crippen LogP contribution >= 0.6 is 11.3 Å². The average molecular weight is 249 g/mol. The van der Waals surface area contributed by atoms with Crippen molar-refractivity contribution in [3.8, 4) is 0 Å². The maximum Gasteiger partial charge on any atom is 0.337 e. The normalized spacial score (nSPS) is 10.2. The van der Waals surface area contributed by atoms with Crippen LogP contribution in [-0.4, -0.2) is 21.0 Å². The Kier molecular flexibility index (Phi) is 3.34. The molecule has 17 heavy (non-hydrogen) atoms. The van der Waals surface area contributed by atoms with E-state index >= 15 is 0 Å². The van der Waals surface area contributed by atoms with Crippen molar-refractivity contribution in [2.75, 3.05) is 5.32 Å². The number of carbonyl (C=O) groups is 1. The van der Waals surface area contributed by atoms with Gasteiger partial charge in [-0.1, -0.05) is 0 Å². The van der Waals surface area contributed by atoms with Gasteiger partial charge in [0, 0.05) is 17.3 Å². The Labute approximate surface area is 102 Å². The fourth-order valence-corrected chi connectivity index (χ4v) is 2.02. The second-order valence-electron chi connectivity index (χ2n) is 3.44. The molecule has 0 saturated heterocycles. The maximum atomic E-state index is 10.6. The molecule has 0 aliphatic rings. The molecule has 2 rings (SSSR count). The molecule has 88 valence electrons. The quantitative estimate of drug-likeness (QED) is 0.868. The molecule has 0 unspecified atom stereocenters. The van der Waals surface area contributed by atoms with Crippen molar-refractivity contribution in [2.24, 2.45) is 0 Å². The molecule has 0 aromatic carbocycles. The SMILES string of the molecule is Cc1ncc(CNc2ccc(C(=O)O)cn2)s1. The lowest BCUT2D eigenvalue weighted by Crippen LogP contribution is -2.02. The minimum absolute atomic E-state index is 0.184. The highest BCUT2D eigenvalue weighted by molar-refractivity contribution is 7.11. The second kappa shape index (κ2) is 4.92. The van der Waals surface area contributed by atoms with Crippen LogP contribution in [0.15, 0.2) is 24.5 Å². The third kappa shape index (κ3) is 3.01. The predicted molar refractivity (Wildman–Crippen MR) is 65.4 cm³/mol. The van der Waals surface area contributed by atoms with Crippen molar-refractivity contribution in [3.63, 3.8) is 0 Å². The van der Waals surface area contributed by atoms with Gasteiger partial charge in [-0.2, -0.15) is 0 Å². The molecule has 0 aliphatic carbocycles. The summed E-state index contributed by atoms with van der Waals surface area (Å²) >= 11 is 1.62. The number of hydrogen-bond acceptors (Lipinski definition) is 5. The molecule has 2 heterocycles. The molecule has 0 atom stereocenters. The number of carboxylic acid groups (broad SMARTS) is 1. The summed E-state index contributed by atoms with van der Waals surface area (Å²) < 4.78 is 0. The van der Waals surface area contributed by atoms with Crippen LogP contribution in [0.5, 0.6) is 0 Å². The van der Waals surface area contributed by atoms with E-state index in [0.29, 0.717) is 12.4 Å². The van der Waals surface area contributed by atoms with Crippen molar-refractivity contribution >= 4 is 23.1 Å². The molecule has 0 fully saturated rings. The third-order valence-electron chi connectivity index (χ3n) is 2.12.